The van der Waals surface area contributed by atoms with Crippen molar-refractivity contribution >= 4 is 5.97 Å². The first-order valence-electron chi connectivity index (χ1n) is 18.6. The second-order valence-electron chi connectivity index (χ2n) is 14.4. The summed E-state index contributed by atoms with van der Waals surface area (Å²) in [5.74, 6) is 2.98. The van der Waals surface area contributed by atoms with Crippen molar-refractivity contribution in [3.05, 3.63) is 71.3 Å². The number of hydrogen-bond donors (Lipinski definition) is 1. The molecule has 4 rings (SSSR count). The normalized spacial score (nSPS) is 22.3. The van der Waals surface area contributed by atoms with Crippen LogP contribution in [0, 0.1) is 23.7 Å². The first-order chi connectivity index (χ1) is 22.4. The van der Waals surface area contributed by atoms with Crippen LogP contribution < -0.4 is 0 Å². The summed E-state index contributed by atoms with van der Waals surface area (Å²) < 4.78 is 11.3. The van der Waals surface area contributed by atoms with Crippen LogP contribution in [0.5, 0.6) is 0 Å². The second kappa shape index (κ2) is 19.4. The Kier molecular flexibility index (Phi) is 15.4. The molecule has 2 aliphatic carbocycles. The van der Waals surface area contributed by atoms with Gasteiger partial charge in [0.25, 0.3) is 0 Å². The van der Waals surface area contributed by atoms with Crippen molar-refractivity contribution in [1.29, 1.82) is 0 Å². The number of aliphatic hydroxyl groups is 1. The van der Waals surface area contributed by atoms with Crippen molar-refractivity contribution in [2.75, 3.05) is 26.4 Å². The molecule has 1 atom stereocenters. The van der Waals surface area contributed by atoms with Gasteiger partial charge in [-0.15, -0.1) is 0 Å². The van der Waals surface area contributed by atoms with Gasteiger partial charge in [-0.25, -0.2) is 4.79 Å². The van der Waals surface area contributed by atoms with Crippen LogP contribution in [0.1, 0.15) is 127 Å². The third kappa shape index (κ3) is 11.1. The van der Waals surface area contributed by atoms with Crippen molar-refractivity contribution in [3.8, 4) is 11.1 Å². The molecule has 0 radical (unpaired) electrons. The second-order valence-corrected chi connectivity index (χ2v) is 14.4. The largest absolute Gasteiger partial charge is 0.462 e. The smallest absolute Gasteiger partial charge is 0.333 e. The van der Waals surface area contributed by atoms with Gasteiger partial charge in [0.15, 0.2) is 0 Å². The van der Waals surface area contributed by atoms with E-state index in [-0.39, 0.29) is 18.5 Å². The minimum atomic E-state index is -0.315. The number of benzene rings is 2. The molecule has 0 aliphatic heterocycles. The molecule has 4 nitrogen and oxygen atoms in total. The average Bonchev–Trinajstić information content (AvgIpc) is 3.09. The first-order valence-corrected chi connectivity index (χ1v) is 18.6. The fraction of sp³-hybridized carbons (Fsp3) is 0.643. The molecule has 0 saturated heterocycles. The highest BCUT2D eigenvalue weighted by atomic mass is 16.5. The average molecular weight is 631 g/mol. The molecule has 1 N–H and O–H groups in total. The third-order valence-electron chi connectivity index (χ3n) is 10.9. The van der Waals surface area contributed by atoms with Crippen molar-refractivity contribution in [1.82, 2.24) is 0 Å². The van der Waals surface area contributed by atoms with Gasteiger partial charge < -0.3 is 14.6 Å². The van der Waals surface area contributed by atoms with E-state index in [2.05, 4.69) is 62.9 Å². The summed E-state index contributed by atoms with van der Waals surface area (Å²) in [5.41, 5.74) is 7.71. The number of carbonyl (C=O) groups is 1. The molecule has 46 heavy (non-hydrogen) atoms. The minimum Gasteiger partial charge on any atom is -0.462 e. The molecule has 2 saturated carbocycles. The van der Waals surface area contributed by atoms with E-state index in [0.717, 1.165) is 24.7 Å². The van der Waals surface area contributed by atoms with Gasteiger partial charge in [-0.3, -0.25) is 0 Å². The Bertz CT molecular complexity index is 1180. The van der Waals surface area contributed by atoms with Crippen LogP contribution >= 0.6 is 0 Å². The van der Waals surface area contributed by atoms with Gasteiger partial charge in [-0.1, -0.05) is 88.6 Å². The quantitative estimate of drug-likeness (QED) is 0.101. The Hall–Kier alpha value is -2.43. The van der Waals surface area contributed by atoms with Crippen molar-refractivity contribution in [2.45, 2.75) is 123 Å². The SMILES string of the molecule is C=C(C)C(=O)OCC(COCCCO)CC1CCC(C2CCC(c3ccc(-c4ccc(CCCCC)cc4)c(CC)c3)CC2)CC1. The Balaban J connectivity index is 1.24. The van der Waals surface area contributed by atoms with Gasteiger partial charge in [-0.2, -0.15) is 0 Å². The molecule has 2 aliphatic rings. The molecule has 0 spiro atoms. The lowest BCUT2D eigenvalue weighted by molar-refractivity contribution is -0.141. The summed E-state index contributed by atoms with van der Waals surface area (Å²) in [6, 6.07) is 16.7. The van der Waals surface area contributed by atoms with Gasteiger partial charge in [0.1, 0.15) is 0 Å². The molecule has 0 aromatic heterocycles. The van der Waals surface area contributed by atoms with Crippen LogP contribution in [0.4, 0.5) is 0 Å². The van der Waals surface area contributed by atoms with E-state index in [1.165, 1.54) is 99.3 Å². The van der Waals surface area contributed by atoms with E-state index in [0.29, 0.717) is 43.7 Å². The Labute approximate surface area is 280 Å². The summed E-state index contributed by atoms with van der Waals surface area (Å²) in [6.45, 7) is 11.6. The zero-order chi connectivity index (χ0) is 32.7. The van der Waals surface area contributed by atoms with E-state index in [9.17, 15) is 4.79 Å². The van der Waals surface area contributed by atoms with Crippen LogP contribution in [0.25, 0.3) is 11.1 Å². The molecule has 2 aromatic rings. The van der Waals surface area contributed by atoms with Crippen LogP contribution in [0.2, 0.25) is 0 Å². The topological polar surface area (TPSA) is 55.8 Å². The molecule has 4 heteroatoms. The lowest BCUT2D eigenvalue weighted by Gasteiger charge is -2.38. The van der Waals surface area contributed by atoms with Crippen molar-refractivity contribution in [2.24, 2.45) is 23.7 Å². The zero-order valence-electron chi connectivity index (χ0n) is 29.2. The molecule has 2 fully saturated rings. The molecule has 0 bridgehead atoms. The molecular formula is C42H62O4. The summed E-state index contributed by atoms with van der Waals surface area (Å²) in [6.07, 6.45) is 18.4. The summed E-state index contributed by atoms with van der Waals surface area (Å²) >= 11 is 0. The number of unbranched alkanes of at least 4 members (excludes halogenated alkanes) is 2. The highest BCUT2D eigenvalue weighted by Crippen LogP contribution is 2.45. The number of carbonyl (C=O) groups excluding carboxylic acids is 1. The molecular weight excluding hydrogens is 568 g/mol. The van der Waals surface area contributed by atoms with E-state index in [1.807, 2.05) is 0 Å². The fourth-order valence-electron chi connectivity index (χ4n) is 8.08. The monoisotopic (exact) mass is 630 g/mol. The lowest BCUT2D eigenvalue weighted by atomic mass is 9.67. The number of rotatable bonds is 18. The van der Waals surface area contributed by atoms with Crippen LogP contribution in [-0.4, -0.2) is 37.5 Å². The van der Waals surface area contributed by atoms with E-state index >= 15 is 0 Å². The van der Waals surface area contributed by atoms with E-state index in [1.54, 1.807) is 12.5 Å². The van der Waals surface area contributed by atoms with Crippen LogP contribution in [0.15, 0.2) is 54.6 Å². The van der Waals surface area contributed by atoms with Crippen molar-refractivity contribution in [3.63, 3.8) is 0 Å². The Morgan fingerprint density at radius 1 is 0.891 bits per heavy atom. The zero-order valence-corrected chi connectivity index (χ0v) is 29.2. The number of aliphatic hydroxyl groups excluding tert-OH is 1. The molecule has 0 amide bonds. The maximum absolute atomic E-state index is 12.0. The van der Waals surface area contributed by atoms with E-state index < -0.39 is 0 Å². The van der Waals surface area contributed by atoms with Crippen LogP contribution in [-0.2, 0) is 27.1 Å². The number of hydrogen-bond acceptors (Lipinski definition) is 4. The number of aryl methyl sites for hydroxylation is 2. The summed E-state index contributed by atoms with van der Waals surface area (Å²) in [7, 11) is 0. The van der Waals surface area contributed by atoms with E-state index in [4.69, 9.17) is 14.6 Å². The predicted octanol–water partition coefficient (Wildman–Crippen LogP) is 10.3. The lowest BCUT2D eigenvalue weighted by Crippen LogP contribution is -2.28. The number of esters is 1. The Morgan fingerprint density at radius 2 is 1.59 bits per heavy atom. The van der Waals surface area contributed by atoms with Crippen LogP contribution in [0.3, 0.4) is 0 Å². The van der Waals surface area contributed by atoms with Gasteiger partial charge in [0.2, 0.25) is 0 Å². The minimum absolute atomic E-state index is 0.140. The third-order valence-corrected chi connectivity index (χ3v) is 10.9. The molecule has 254 valence electrons. The molecule has 0 heterocycles. The highest BCUT2D eigenvalue weighted by Gasteiger charge is 2.32. The molecule has 2 aromatic carbocycles. The van der Waals surface area contributed by atoms with Gasteiger partial charge in [-0.05, 0) is 129 Å². The fourth-order valence-corrected chi connectivity index (χ4v) is 8.08. The number of ether oxygens (including phenoxy) is 2. The maximum Gasteiger partial charge on any atom is 0.333 e. The maximum atomic E-state index is 12.0. The van der Waals surface area contributed by atoms with Crippen molar-refractivity contribution < 1.29 is 19.4 Å². The van der Waals surface area contributed by atoms with Gasteiger partial charge in [0, 0.05) is 24.7 Å². The highest BCUT2D eigenvalue weighted by molar-refractivity contribution is 5.86. The predicted molar refractivity (Wildman–Crippen MR) is 191 cm³/mol. The van der Waals surface area contributed by atoms with Gasteiger partial charge >= 0.3 is 5.97 Å². The summed E-state index contributed by atoms with van der Waals surface area (Å²) in [4.78, 5) is 12.0. The Morgan fingerprint density at radius 3 is 2.22 bits per heavy atom. The molecule has 1 unspecified atom stereocenters. The van der Waals surface area contributed by atoms with Gasteiger partial charge in [0.05, 0.1) is 13.2 Å². The summed E-state index contributed by atoms with van der Waals surface area (Å²) in [5, 5.41) is 9.08. The first kappa shape index (κ1) is 36.4. The standard InChI is InChI=1S/C42H62O4/c1-5-7-8-10-32-11-17-39(18-12-32)41-24-23-40(28-35(41)6-2)38-21-19-37(20-22-38)36-15-13-33(14-16-36)27-34(29-45-26-9-25-43)30-46-42(44)31(3)4/h11-12,17-18,23-24,28,33-34,36-38,43H,3,5-10,13-16,19-22,25-27,29-30H2,1-2,4H3.